The molecule has 1 rings (SSSR count). The molecule has 0 atom stereocenters. The molecular weight excluding hydrogens is 279 g/mol. The van der Waals surface area contributed by atoms with E-state index in [0.717, 1.165) is 0 Å². The predicted molar refractivity (Wildman–Crippen MR) is 64.3 cm³/mol. The van der Waals surface area contributed by atoms with Crippen LogP contribution in [0.25, 0.3) is 0 Å². The van der Waals surface area contributed by atoms with Crippen molar-refractivity contribution in [3.8, 4) is 0 Å². The van der Waals surface area contributed by atoms with Crippen molar-refractivity contribution in [2.45, 2.75) is 26.4 Å². The van der Waals surface area contributed by atoms with Gasteiger partial charge in [0, 0.05) is 4.47 Å². The zero-order chi connectivity index (χ0) is 11.6. The van der Waals surface area contributed by atoms with Gasteiger partial charge in [-0.3, -0.25) is 0 Å². The lowest BCUT2D eigenvalue weighted by molar-refractivity contribution is 0.00695. The zero-order valence-corrected chi connectivity index (χ0v) is 11.1. The van der Waals surface area contributed by atoms with Crippen LogP contribution in [0, 0.1) is 0 Å². The summed E-state index contributed by atoms with van der Waals surface area (Å²) in [6.45, 7) is 5.49. The SMILES string of the molecule is CC(C)(C)OC(=O)c1ccc(Cl)c(Br)c1. The molecule has 0 aromatic heterocycles. The van der Waals surface area contributed by atoms with E-state index in [0.29, 0.717) is 15.1 Å². The quantitative estimate of drug-likeness (QED) is 0.729. The van der Waals surface area contributed by atoms with E-state index < -0.39 is 5.60 Å². The number of carbonyl (C=O) groups is 1. The minimum atomic E-state index is -0.483. The van der Waals surface area contributed by atoms with Crippen molar-refractivity contribution in [2.75, 3.05) is 0 Å². The smallest absolute Gasteiger partial charge is 0.338 e. The molecular formula is C11H12BrClO2. The van der Waals surface area contributed by atoms with Gasteiger partial charge in [0.1, 0.15) is 5.60 Å². The highest BCUT2D eigenvalue weighted by atomic mass is 79.9. The van der Waals surface area contributed by atoms with Gasteiger partial charge in [0.25, 0.3) is 0 Å². The molecule has 15 heavy (non-hydrogen) atoms. The van der Waals surface area contributed by atoms with Gasteiger partial charge < -0.3 is 4.74 Å². The van der Waals surface area contributed by atoms with E-state index in [-0.39, 0.29) is 5.97 Å². The van der Waals surface area contributed by atoms with Crippen LogP contribution in [0.4, 0.5) is 0 Å². The van der Waals surface area contributed by atoms with Gasteiger partial charge in [0.2, 0.25) is 0 Å². The third-order valence-corrected chi connectivity index (χ3v) is 2.77. The van der Waals surface area contributed by atoms with E-state index in [1.165, 1.54) is 0 Å². The van der Waals surface area contributed by atoms with E-state index >= 15 is 0 Å². The van der Waals surface area contributed by atoms with Gasteiger partial charge in [-0.1, -0.05) is 11.6 Å². The fraction of sp³-hybridized carbons (Fsp3) is 0.364. The monoisotopic (exact) mass is 290 g/mol. The highest BCUT2D eigenvalue weighted by molar-refractivity contribution is 9.10. The Hall–Kier alpha value is -0.540. The maximum absolute atomic E-state index is 11.6. The molecule has 0 fully saturated rings. The molecule has 82 valence electrons. The van der Waals surface area contributed by atoms with Crippen LogP contribution in [0.2, 0.25) is 5.02 Å². The summed E-state index contributed by atoms with van der Waals surface area (Å²) in [5, 5.41) is 0.572. The van der Waals surface area contributed by atoms with Crippen molar-refractivity contribution < 1.29 is 9.53 Å². The molecule has 0 aliphatic carbocycles. The molecule has 1 aromatic rings. The summed E-state index contributed by atoms with van der Waals surface area (Å²) in [6.07, 6.45) is 0. The van der Waals surface area contributed by atoms with Crippen LogP contribution >= 0.6 is 27.5 Å². The van der Waals surface area contributed by atoms with Crippen LogP contribution in [0.5, 0.6) is 0 Å². The molecule has 1 aromatic carbocycles. The van der Waals surface area contributed by atoms with Gasteiger partial charge in [0.15, 0.2) is 0 Å². The summed E-state index contributed by atoms with van der Waals surface area (Å²) >= 11 is 9.07. The van der Waals surface area contributed by atoms with Crippen molar-refractivity contribution in [3.05, 3.63) is 33.3 Å². The first-order valence-corrected chi connectivity index (χ1v) is 5.65. The van der Waals surface area contributed by atoms with Crippen molar-refractivity contribution in [1.82, 2.24) is 0 Å². The topological polar surface area (TPSA) is 26.3 Å². The van der Waals surface area contributed by atoms with Gasteiger partial charge in [-0.15, -0.1) is 0 Å². The second-order valence-corrected chi connectivity index (χ2v) is 5.39. The van der Waals surface area contributed by atoms with Crippen LogP contribution in [-0.2, 0) is 4.74 Å². The van der Waals surface area contributed by atoms with E-state index in [4.69, 9.17) is 16.3 Å². The van der Waals surface area contributed by atoms with Crippen molar-refractivity contribution in [2.24, 2.45) is 0 Å². The minimum absolute atomic E-state index is 0.347. The predicted octanol–water partition coefficient (Wildman–Crippen LogP) is 4.06. The van der Waals surface area contributed by atoms with Crippen LogP contribution in [0.1, 0.15) is 31.1 Å². The van der Waals surface area contributed by atoms with Crippen LogP contribution in [-0.4, -0.2) is 11.6 Å². The number of benzene rings is 1. The highest BCUT2D eigenvalue weighted by Crippen LogP contribution is 2.24. The van der Waals surface area contributed by atoms with Crippen molar-refractivity contribution in [3.63, 3.8) is 0 Å². The fourth-order valence-corrected chi connectivity index (χ4v) is 1.46. The second kappa shape index (κ2) is 4.54. The minimum Gasteiger partial charge on any atom is -0.456 e. The van der Waals surface area contributed by atoms with Gasteiger partial charge in [0.05, 0.1) is 10.6 Å². The molecule has 0 saturated carbocycles. The summed E-state index contributed by atoms with van der Waals surface area (Å²) in [7, 11) is 0. The number of carbonyl (C=O) groups excluding carboxylic acids is 1. The molecule has 0 heterocycles. The van der Waals surface area contributed by atoms with Crippen molar-refractivity contribution >= 4 is 33.5 Å². The normalized spacial score (nSPS) is 11.3. The Morgan fingerprint density at radius 1 is 1.40 bits per heavy atom. The maximum Gasteiger partial charge on any atom is 0.338 e. The van der Waals surface area contributed by atoms with Crippen LogP contribution in [0.3, 0.4) is 0 Å². The third kappa shape index (κ3) is 3.84. The van der Waals surface area contributed by atoms with Gasteiger partial charge in [-0.2, -0.15) is 0 Å². The largest absolute Gasteiger partial charge is 0.456 e. The molecule has 0 aliphatic heterocycles. The molecule has 0 radical (unpaired) electrons. The van der Waals surface area contributed by atoms with E-state index in [9.17, 15) is 4.79 Å². The third-order valence-electron chi connectivity index (χ3n) is 1.55. The average molecular weight is 292 g/mol. The zero-order valence-electron chi connectivity index (χ0n) is 8.80. The number of hydrogen-bond donors (Lipinski definition) is 0. The van der Waals surface area contributed by atoms with Crippen LogP contribution in [0.15, 0.2) is 22.7 Å². The Morgan fingerprint density at radius 2 is 2.00 bits per heavy atom. The van der Waals surface area contributed by atoms with Gasteiger partial charge >= 0.3 is 5.97 Å². The Labute approximate surface area is 103 Å². The fourth-order valence-electron chi connectivity index (χ4n) is 0.960. The van der Waals surface area contributed by atoms with Crippen LogP contribution < -0.4 is 0 Å². The first kappa shape index (κ1) is 12.5. The Balaban J connectivity index is 2.88. The molecule has 0 amide bonds. The van der Waals surface area contributed by atoms with E-state index in [1.807, 2.05) is 20.8 Å². The second-order valence-electron chi connectivity index (χ2n) is 4.13. The van der Waals surface area contributed by atoms with E-state index in [2.05, 4.69) is 15.9 Å². The lowest BCUT2D eigenvalue weighted by atomic mass is 10.2. The lowest BCUT2D eigenvalue weighted by Gasteiger charge is -2.19. The standard InChI is InChI=1S/C11H12BrClO2/c1-11(2,3)15-10(14)7-4-5-9(13)8(12)6-7/h4-6H,1-3H3. The summed E-state index contributed by atoms with van der Waals surface area (Å²) in [6, 6.07) is 4.95. The molecule has 0 saturated heterocycles. The first-order valence-electron chi connectivity index (χ1n) is 4.48. The average Bonchev–Trinajstić information content (AvgIpc) is 2.06. The van der Waals surface area contributed by atoms with Gasteiger partial charge in [-0.25, -0.2) is 4.79 Å². The first-order chi connectivity index (χ1) is 6.79. The number of hydrogen-bond acceptors (Lipinski definition) is 2. The highest BCUT2D eigenvalue weighted by Gasteiger charge is 2.18. The summed E-state index contributed by atoms with van der Waals surface area (Å²) < 4.78 is 5.90. The van der Waals surface area contributed by atoms with E-state index in [1.54, 1.807) is 18.2 Å². The number of rotatable bonds is 1. The maximum atomic E-state index is 11.6. The molecule has 0 N–H and O–H groups in total. The molecule has 0 aliphatic rings. The molecule has 0 spiro atoms. The lowest BCUT2D eigenvalue weighted by Crippen LogP contribution is -2.23. The molecule has 0 unspecified atom stereocenters. The Kier molecular flexibility index (Phi) is 3.79. The number of esters is 1. The van der Waals surface area contributed by atoms with Gasteiger partial charge in [-0.05, 0) is 54.9 Å². The summed E-state index contributed by atoms with van der Waals surface area (Å²) in [5.74, 6) is -0.347. The van der Waals surface area contributed by atoms with Crippen molar-refractivity contribution in [1.29, 1.82) is 0 Å². The number of ether oxygens (including phenoxy) is 1. The Morgan fingerprint density at radius 3 is 2.47 bits per heavy atom. The number of halogens is 2. The molecule has 0 bridgehead atoms. The Bertz CT molecular complexity index is 383. The molecule has 4 heteroatoms. The summed E-state index contributed by atoms with van der Waals surface area (Å²) in [5.41, 5.74) is 0.00428. The summed E-state index contributed by atoms with van der Waals surface area (Å²) in [4.78, 5) is 11.6. The molecule has 2 nitrogen and oxygen atoms in total.